The van der Waals surface area contributed by atoms with Gasteiger partial charge in [-0.1, -0.05) is 51.9 Å². The average molecular weight is 634 g/mol. The van der Waals surface area contributed by atoms with Crippen LogP contribution in [0.25, 0.3) is 0 Å². The van der Waals surface area contributed by atoms with E-state index in [0.29, 0.717) is 17.6 Å². The number of hydrogen-bond donors (Lipinski definition) is 1. The number of nitro groups is 1. The number of likely N-dealkylation sites (N-methyl/N-ethyl adjacent to an activating group) is 1. The Bertz CT molecular complexity index is 999. The van der Waals surface area contributed by atoms with Gasteiger partial charge in [0.1, 0.15) is 25.0 Å². The number of phosphoric ester groups is 1. The van der Waals surface area contributed by atoms with E-state index in [1.54, 1.807) is 0 Å². The monoisotopic (exact) mass is 633 g/mol. The van der Waals surface area contributed by atoms with Crippen molar-refractivity contribution in [3.63, 3.8) is 0 Å². The van der Waals surface area contributed by atoms with E-state index in [9.17, 15) is 29.2 Å². The topological polar surface area (TPSA) is 161 Å². The predicted molar refractivity (Wildman–Crippen MR) is 161 cm³/mol. The fourth-order valence-electron chi connectivity index (χ4n) is 3.75. The maximum atomic E-state index is 12.5. The number of unbranched alkanes of at least 4 members (excludes halogenated alkanes) is 7. The van der Waals surface area contributed by atoms with Crippen molar-refractivity contribution < 1.29 is 51.7 Å². The smallest absolute Gasteiger partial charge is 0.457 e. The van der Waals surface area contributed by atoms with Gasteiger partial charge in [-0.3, -0.25) is 28.8 Å². The molecule has 0 spiro atoms. The second-order valence-corrected chi connectivity index (χ2v) is 12.8. The van der Waals surface area contributed by atoms with E-state index < -0.39 is 37.4 Å². The number of ether oxygens (including phenoxy) is 3. The summed E-state index contributed by atoms with van der Waals surface area (Å²) < 4.78 is 39.2. The largest absolute Gasteiger partial charge is 0.472 e. The zero-order chi connectivity index (χ0) is 32.1. The van der Waals surface area contributed by atoms with Gasteiger partial charge in [-0.15, -0.1) is 0 Å². The number of nitro benzene ring substituents is 1. The van der Waals surface area contributed by atoms with Gasteiger partial charge >= 0.3 is 19.8 Å². The quantitative estimate of drug-likeness (QED) is 0.0272. The molecule has 0 bridgehead atoms. The van der Waals surface area contributed by atoms with Crippen LogP contribution in [0.2, 0.25) is 0 Å². The van der Waals surface area contributed by atoms with Crippen LogP contribution < -0.4 is 4.74 Å². The van der Waals surface area contributed by atoms with E-state index in [1.807, 2.05) is 21.1 Å². The number of quaternary nitrogens is 1. The molecule has 14 heteroatoms. The van der Waals surface area contributed by atoms with Crippen LogP contribution in [0.4, 0.5) is 5.69 Å². The van der Waals surface area contributed by atoms with Crippen molar-refractivity contribution in [3.8, 4) is 5.75 Å². The second kappa shape index (κ2) is 21.3. The van der Waals surface area contributed by atoms with Crippen LogP contribution >= 0.6 is 7.82 Å². The Morgan fingerprint density at radius 3 is 2.09 bits per heavy atom. The number of carbonyl (C=O) groups is 2. The summed E-state index contributed by atoms with van der Waals surface area (Å²) in [6.45, 7) is 2.71. The molecule has 1 aromatic carbocycles. The van der Waals surface area contributed by atoms with Crippen molar-refractivity contribution in [3.05, 3.63) is 34.4 Å². The molecule has 0 aliphatic heterocycles. The lowest BCUT2D eigenvalue weighted by Gasteiger charge is -2.24. The van der Waals surface area contributed by atoms with Crippen LogP contribution in [0.5, 0.6) is 5.75 Å². The second-order valence-electron chi connectivity index (χ2n) is 11.4. The van der Waals surface area contributed by atoms with Gasteiger partial charge in [0.15, 0.2) is 0 Å². The molecule has 2 unspecified atom stereocenters. The third-order valence-electron chi connectivity index (χ3n) is 6.23. The summed E-state index contributed by atoms with van der Waals surface area (Å²) in [5.74, 6) is -1.09. The number of hydrogen-bond acceptors (Lipinski definition) is 10. The molecule has 0 radical (unpaired) electrons. The molecule has 0 saturated carbocycles. The van der Waals surface area contributed by atoms with Crippen LogP contribution in [0.1, 0.15) is 77.6 Å². The van der Waals surface area contributed by atoms with E-state index >= 15 is 0 Å². The van der Waals surface area contributed by atoms with Gasteiger partial charge in [-0.05, 0) is 25.0 Å². The predicted octanol–water partition coefficient (Wildman–Crippen LogP) is 5.58. The van der Waals surface area contributed by atoms with Crippen molar-refractivity contribution >= 4 is 25.4 Å². The molecular weight excluding hydrogens is 583 g/mol. The first-order valence-corrected chi connectivity index (χ1v) is 16.5. The Balaban J connectivity index is 2.49. The highest BCUT2D eigenvalue weighted by Crippen LogP contribution is 2.43. The Hall–Kier alpha value is -2.41. The van der Waals surface area contributed by atoms with Crippen LogP contribution in [0.3, 0.4) is 0 Å². The van der Waals surface area contributed by atoms with E-state index in [2.05, 4.69) is 6.92 Å². The molecule has 1 aromatic rings. The highest BCUT2D eigenvalue weighted by molar-refractivity contribution is 7.47. The minimum Gasteiger partial charge on any atom is -0.457 e. The molecule has 0 fully saturated rings. The SMILES string of the molecule is CCCCCCCCCCOCC(COP(=O)(O)OCC[N+](C)(C)C)OC(=O)CCCC(=O)Oc1ccc([N+](=O)[O-])cc1. The fourth-order valence-corrected chi connectivity index (χ4v) is 4.50. The maximum Gasteiger partial charge on any atom is 0.472 e. The van der Waals surface area contributed by atoms with Crippen molar-refractivity contribution in [1.82, 2.24) is 0 Å². The minimum absolute atomic E-state index is 0.00660. The molecule has 0 aromatic heterocycles. The van der Waals surface area contributed by atoms with Gasteiger partial charge in [0, 0.05) is 31.6 Å². The first kappa shape index (κ1) is 38.6. The normalized spacial score (nSPS) is 13.7. The molecule has 0 amide bonds. The van der Waals surface area contributed by atoms with Gasteiger partial charge < -0.3 is 23.6 Å². The molecule has 0 saturated heterocycles. The summed E-state index contributed by atoms with van der Waals surface area (Å²) in [6, 6.07) is 5.07. The third kappa shape index (κ3) is 21.0. The summed E-state index contributed by atoms with van der Waals surface area (Å²) in [5.41, 5.74) is -0.129. The minimum atomic E-state index is -4.37. The molecule has 1 rings (SSSR count). The highest BCUT2D eigenvalue weighted by Gasteiger charge is 2.26. The van der Waals surface area contributed by atoms with Crippen LogP contribution in [-0.4, -0.2) is 86.5 Å². The summed E-state index contributed by atoms with van der Waals surface area (Å²) in [5, 5.41) is 10.7. The van der Waals surface area contributed by atoms with E-state index in [1.165, 1.54) is 56.4 Å². The molecule has 13 nitrogen and oxygen atoms in total. The van der Waals surface area contributed by atoms with E-state index in [0.717, 1.165) is 19.3 Å². The number of nitrogens with zero attached hydrogens (tertiary/aromatic N) is 2. The van der Waals surface area contributed by atoms with Crippen LogP contribution in [0.15, 0.2) is 24.3 Å². The summed E-state index contributed by atoms with van der Waals surface area (Å²) >= 11 is 0. The summed E-state index contributed by atoms with van der Waals surface area (Å²) in [6.07, 6.45) is 8.14. The zero-order valence-electron chi connectivity index (χ0n) is 26.1. The lowest BCUT2D eigenvalue weighted by molar-refractivity contribution is -0.870. The van der Waals surface area contributed by atoms with Gasteiger partial charge in [0.05, 0.1) is 39.3 Å². The molecular formula is C29H50N2O11P+. The average Bonchev–Trinajstić information content (AvgIpc) is 2.92. The number of benzene rings is 1. The van der Waals surface area contributed by atoms with Gasteiger partial charge in [0.2, 0.25) is 0 Å². The summed E-state index contributed by atoms with van der Waals surface area (Å²) in [4.78, 5) is 44.8. The Morgan fingerprint density at radius 2 is 1.49 bits per heavy atom. The standard InChI is InChI=1S/C29H49N2O11P/c1-5-6-7-8-9-10-11-12-21-38-23-27(24-40-43(36,37)39-22-20-31(2,3)4)42-29(33)15-13-14-28(32)41-26-18-16-25(17-19-26)30(34)35/h16-19,27H,5-15,20-24H2,1-4H3/p+1. The first-order valence-electron chi connectivity index (χ1n) is 15.0. The maximum absolute atomic E-state index is 12.5. The lowest BCUT2D eigenvalue weighted by Crippen LogP contribution is -2.37. The number of phosphoric acid groups is 1. The molecule has 43 heavy (non-hydrogen) atoms. The van der Waals surface area contributed by atoms with E-state index in [-0.39, 0.29) is 43.9 Å². The van der Waals surface area contributed by atoms with Crippen molar-refractivity contribution in [2.75, 3.05) is 54.1 Å². The van der Waals surface area contributed by atoms with Crippen molar-refractivity contribution in [2.24, 2.45) is 0 Å². The lowest BCUT2D eigenvalue weighted by atomic mass is 10.1. The first-order chi connectivity index (χ1) is 20.3. The zero-order valence-corrected chi connectivity index (χ0v) is 27.0. The van der Waals surface area contributed by atoms with E-state index in [4.69, 9.17) is 23.3 Å². The fraction of sp³-hybridized carbons (Fsp3) is 0.724. The Morgan fingerprint density at radius 1 is 0.884 bits per heavy atom. The Kier molecular flexibility index (Phi) is 19.1. The number of non-ortho nitro benzene ring substituents is 1. The number of carbonyl (C=O) groups excluding carboxylic acids is 2. The molecule has 1 N–H and O–H groups in total. The van der Waals surface area contributed by atoms with Crippen molar-refractivity contribution in [2.45, 2.75) is 83.7 Å². The molecule has 0 heterocycles. The van der Waals surface area contributed by atoms with Gasteiger partial charge in [-0.2, -0.15) is 0 Å². The molecule has 0 aliphatic rings. The summed E-state index contributed by atoms with van der Waals surface area (Å²) in [7, 11) is 1.38. The Labute approximate surface area is 255 Å². The molecule has 2 atom stereocenters. The van der Waals surface area contributed by atoms with Gasteiger partial charge in [0.25, 0.3) is 5.69 Å². The third-order valence-corrected chi connectivity index (χ3v) is 7.21. The van der Waals surface area contributed by atoms with Crippen LogP contribution in [-0.2, 0) is 32.7 Å². The highest BCUT2D eigenvalue weighted by atomic mass is 31.2. The van der Waals surface area contributed by atoms with Crippen molar-refractivity contribution in [1.29, 1.82) is 0 Å². The van der Waals surface area contributed by atoms with Gasteiger partial charge in [-0.25, -0.2) is 4.57 Å². The number of esters is 2. The molecule has 246 valence electrons. The number of rotatable bonds is 25. The molecule has 0 aliphatic carbocycles. The van der Waals surface area contributed by atoms with Crippen LogP contribution in [0, 0.1) is 10.1 Å².